The lowest BCUT2D eigenvalue weighted by Gasteiger charge is -2.23. The lowest BCUT2D eigenvalue weighted by Crippen LogP contribution is -2.16. The fourth-order valence-electron chi connectivity index (χ4n) is 2.60. The molecule has 0 fully saturated rings. The van der Waals surface area contributed by atoms with Gasteiger partial charge in [-0.1, -0.05) is 36.4 Å². The van der Waals surface area contributed by atoms with E-state index in [1.165, 1.54) is 12.1 Å². The zero-order chi connectivity index (χ0) is 18.0. The summed E-state index contributed by atoms with van der Waals surface area (Å²) in [5, 5.41) is 8.93. The lowest BCUT2D eigenvalue weighted by molar-refractivity contribution is -0.138. The molecule has 2 aromatic carbocycles. The first-order valence-corrected chi connectivity index (χ1v) is 6.85. The van der Waals surface area contributed by atoms with E-state index in [9.17, 15) is 26.3 Å². The first kappa shape index (κ1) is 17.9. The molecule has 0 atom stereocenters. The normalized spacial score (nSPS) is 12.2. The Balaban J connectivity index is 2.69. The molecule has 0 aliphatic heterocycles. The maximum atomic E-state index is 13.2. The summed E-state index contributed by atoms with van der Waals surface area (Å²) < 4.78 is 79.2. The number of rotatable bonds is 3. The molecular weight excluding hydrogens is 332 g/mol. The van der Waals surface area contributed by atoms with E-state index in [-0.39, 0.29) is 11.1 Å². The minimum absolute atomic E-state index is 0.344. The van der Waals surface area contributed by atoms with E-state index in [2.05, 4.69) is 0 Å². The third-order valence-corrected chi connectivity index (χ3v) is 3.58. The van der Waals surface area contributed by atoms with Crippen molar-refractivity contribution in [2.24, 2.45) is 0 Å². The number of nitriles is 1. The van der Waals surface area contributed by atoms with Gasteiger partial charge in [0.25, 0.3) is 0 Å². The van der Waals surface area contributed by atoms with Gasteiger partial charge in [-0.25, -0.2) is 0 Å². The Morgan fingerprint density at radius 3 is 1.46 bits per heavy atom. The predicted molar refractivity (Wildman–Crippen MR) is 75.0 cm³/mol. The Morgan fingerprint density at radius 1 is 0.750 bits per heavy atom. The molecule has 0 aliphatic rings. The molecule has 0 heterocycles. The Hall–Kier alpha value is -2.49. The number of nitrogens with zero attached hydrogens (tertiary/aromatic N) is 1. The molecule has 0 spiro atoms. The first-order valence-electron chi connectivity index (χ1n) is 6.85. The van der Waals surface area contributed by atoms with E-state index in [1.807, 2.05) is 0 Å². The van der Waals surface area contributed by atoms with Gasteiger partial charge in [-0.2, -0.15) is 31.6 Å². The Morgan fingerprint density at radius 2 is 1.12 bits per heavy atom. The molecule has 0 saturated heterocycles. The number of alkyl halides is 6. The van der Waals surface area contributed by atoms with Crippen LogP contribution in [0.3, 0.4) is 0 Å². The van der Waals surface area contributed by atoms with Gasteiger partial charge in [-0.15, -0.1) is 0 Å². The van der Waals surface area contributed by atoms with E-state index in [1.54, 1.807) is 6.07 Å². The highest BCUT2D eigenvalue weighted by Gasteiger charge is 2.39. The smallest absolute Gasteiger partial charge is 0.198 e. The van der Waals surface area contributed by atoms with E-state index < -0.39 is 35.8 Å². The van der Waals surface area contributed by atoms with Gasteiger partial charge < -0.3 is 0 Å². The number of hydrogen-bond acceptors (Lipinski definition) is 1. The molecule has 1 nitrogen and oxygen atoms in total. The van der Waals surface area contributed by atoms with E-state index in [4.69, 9.17) is 5.26 Å². The zero-order valence-electron chi connectivity index (χ0n) is 12.1. The molecule has 0 unspecified atom stereocenters. The molecule has 126 valence electrons. The van der Waals surface area contributed by atoms with Crippen molar-refractivity contribution in [3.63, 3.8) is 0 Å². The molecule has 0 bridgehead atoms. The van der Waals surface area contributed by atoms with Gasteiger partial charge in [0.1, 0.15) is 0 Å². The summed E-state index contributed by atoms with van der Waals surface area (Å²) in [4.78, 5) is 0. The second kappa shape index (κ2) is 6.56. The SMILES string of the molecule is N#CCC(c1ccccc1C(F)(F)F)c1ccccc1C(F)(F)F. The van der Waals surface area contributed by atoms with E-state index in [0.717, 1.165) is 36.4 Å². The minimum atomic E-state index is -4.72. The highest BCUT2D eigenvalue weighted by atomic mass is 19.4. The lowest BCUT2D eigenvalue weighted by atomic mass is 9.83. The van der Waals surface area contributed by atoms with Crippen molar-refractivity contribution in [1.29, 1.82) is 5.26 Å². The molecule has 2 rings (SSSR count). The summed E-state index contributed by atoms with van der Waals surface area (Å²) >= 11 is 0. The van der Waals surface area contributed by atoms with Crippen LogP contribution in [0.4, 0.5) is 26.3 Å². The molecule has 2 aromatic rings. The summed E-state index contributed by atoms with van der Waals surface area (Å²) in [5.74, 6) is -1.33. The largest absolute Gasteiger partial charge is 0.416 e. The second-order valence-corrected chi connectivity index (χ2v) is 5.08. The predicted octanol–water partition coefficient (Wildman–Crippen LogP) is 5.77. The van der Waals surface area contributed by atoms with Crippen LogP contribution in [0.25, 0.3) is 0 Å². The molecule has 0 N–H and O–H groups in total. The van der Waals surface area contributed by atoms with Crippen LogP contribution in [-0.4, -0.2) is 0 Å². The number of hydrogen-bond donors (Lipinski definition) is 0. The maximum Gasteiger partial charge on any atom is 0.416 e. The van der Waals surface area contributed by atoms with Crippen molar-refractivity contribution in [2.75, 3.05) is 0 Å². The summed E-state index contributed by atoms with van der Waals surface area (Å²) in [6, 6.07) is 10.4. The Bertz CT molecular complexity index is 697. The molecule has 0 amide bonds. The summed E-state index contributed by atoms with van der Waals surface area (Å²) in [7, 11) is 0. The highest BCUT2D eigenvalue weighted by Crippen LogP contribution is 2.42. The van der Waals surface area contributed by atoms with Crippen LogP contribution in [-0.2, 0) is 12.4 Å². The monoisotopic (exact) mass is 343 g/mol. The van der Waals surface area contributed by atoms with Gasteiger partial charge in [0.2, 0.25) is 0 Å². The third-order valence-electron chi connectivity index (χ3n) is 3.58. The number of halogens is 6. The summed E-state index contributed by atoms with van der Waals surface area (Å²) in [5.41, 5.74) is -2.77. The molecule has 24 heavy (non-hydrogen) atoms. The van der Waals surface area contributed by atoms with Crippen LogP contribution in [0.5, 0.6) is 0 Å². The van der Waals surface area contributed by atoms with Crippen LogP contribution in [0.1, 0.15) is 34.6 Å². The van der Waals surface area contributed by atoms with Crippen LogP contribution in [0, 0.1) is 11.3 Å². The van der Waals surface area contributed by atoms with Gasteiger partial charge in [0, 0.05) is 12.3 Å². The van der Waals surface area contributed by atoms with Crippen molar-refractivity contribution in [3.8, 4) is 6.07 Å². The van der Waals surface area contributed by atoms with Crippen LogP contribution in [0.2, 0.25) is 0 Å². The Kier molecular flexibility index (Phi) is 4.88. The average molecular weight is 343 g/mol. The molecule has 0 aliphatic carbocycles. The van der Waals surface area contributed by atoms with Gasteiger partial charge in [0.05, 0.1) is 17.2 Å². The maximum absolute atomic E-state index is 13.2. The quantitative estimate of drug-likeness (QED) is 0.649. The highest BCUT2D eigenvalue weighted by molar-refractivity contribution is 5.44. The molecule has 0 saturated carbocycles. The zero-order valence-corrected chi connectivity index (χ0v) is 12.1. The fraction of sp³-hybridized carbons (Fsp3) is 0.235. The van der Waals surface area contributed by atoms with Crippen molar-refractivity contribution in [3.05, 3.63) is 70.8 Å². The average Bonchev–Trinajstić information content (AvgIpc) is 2.51. The van der Waals surface area contributed by atoms with Gasteiger partial charge >= 0.3 is 12.4 Å². The van der Waals surface area contributed by atoms with E-state index >= 15 is 0 Å². The van der Waals surface area contributed by atoms with Crippen molar-refractivity contribution < 1.29 is 26.3 Å². The topological polar surface area (TPSA) is 23.8 Å². The molecule has 7 heteroatoms. The van der Waals surface area contributed by atoms with Crippen LogP contribution < -0.4 is 0 Å². The van der Waals surface area contributed by atoms with Gasteiger partial charge in [0.15, 0.2) is 0 Å². The molecule has 0 radical (unpaired) electrons. The van der Waals surface area contributed by atoms with Crippen LogP contribution >= 0.6 is 0 Å². The van der Waals surface area contributed by atoms with Gasteiger partial charge in [-0.3, -0.25) is 0 Å². The van der Waals surface area contributed by atoms with Crippen molar-refractivity contribution >= 4 is 0 Å². The third kappa shape index (κ3) is 3.70. The van der Waals surface area contributed by atoms with Crippen molar-refractivity contribution in [2.45, 2.75) is 24.7 Å². The van der Waals surface area contributed by atoms with Gasteiger partial charge in [-0.05, 0) is 23.3 Å². The fourth-order valence-corrected chi connectivity index (χ4v) is 2.60. The standard InChI is InChI=1S/C17H11F6N/c18-16(19,20)14-7-3-1-5-12(14)11(9-10-24)13-6-2-4-8-15(13)17(21,22)23/h1-8,11H,9H2. The summed E-state index contributed by atoms with van der Waals surface area (Å²) in [6.07, 6.45) is -9.95. The molecular formula is C17H11F6N. The summed E-state index contributed by atoms with van der Waals surface area (Å²) in [6.45, 7) is 0. The van der Waals surface area contributed by atoms with Crippen LogP contribution in [0.15, 0.2) is 48.5 Å². The minimum Gasteiger partial charge on any atom is -0.198 e. The first-order chi connectivity index (χ1) is 11.2. The second-order valence-electron chi connectivity index (χ2n) is 5.08. The van der Waals surface area contributed by atoms with E-state index in [0.29, 0.717) is 0 Å². The number of benzene rings is 2. The van der Waals surface area contributed by atoms with Crippen molar-refractivity contribution in [1.82, 2.24) is 0 Å². The Labute approximate surface area is 134 Å². The molecule has 0 aromatic heterocycles.